The highest BCUT2D eigenvalue weighted by Crippen LogP contribution is 2.37. The second-order valence-electron chi connectivity index (χ2n) is 15.9. The molecule has 4 aromatic rings. The van der Waals surface area contributed by atoms with E-state index in [4.69, 9.17) is 9.52 Å². The van der Waals surface area contributed by atoms with Crippen molar-refractivity contribution in [3.8, 4) is 5.69 Å². The SMILES string of the molecule is CCCCN(CCCC)C(=O)c1cc(C)n(-c2ccc(NS(=O)(=O)c3ccccc3)cc2C(=O)N2Cc3ccccc3C[C@H]2CO[Si](C)(C)C(C)(C)C)n1. The molecule has 2 amide bonds. The van der Waals surface area contributed by atoms with E-state index in [9.17, 15) is 13.2 Å². The number of fused-ring (bicyclic) bond motifs is 1. The van der Waals surface area contributed by atoms with Crippen molar-refractivity contribution in [2.24, 2.45) is 0 Å². The molecule has 0 saturated carbocycles. The zero-order chi connectivity index (χ0) is 39.3. The van der Waals surface area contributed by atoms with E-state index in [0.717, 1.165) is 31.2 Å². The number of amides is 2. The van der Waals surface area contributed by atoms with Crippen molar-refractivity contribution in [1.29, 1.82) is 0 Å². The van der Waals surface area contributed by atoms with Crippen LogP contribution in [0.2, 0.25) is 18.1 Å². The Morgan fingerprint density at radius 1 is 0.926 bits per heavy atom. The molecule has 0 radical (unpaired) electrons. The average Bonchev–Trinajstić information content (AvgIpc) is 3.53. The molecule has 12 heteroatoms. The molecule has 0 fully saturated rings. The first-order valence-electron chi connectivity index (χ1n) is 19.2. The van der Waals surface area contributed by atoms with Gasteiger partial charge in [0.2, 0.25) is 0 Å². The topological polar surface area (TPSA) is 114 Å². The maximum atomic E-state index is 15.1. The van der Waals surface area contributed by atoms with Gasteiger partial charge in [0.15, 0.2) is 14.0 Å². The highest BCUT2D eigenvalue weighted by atomic mass is 32.2. The molecule has 2 heterocycles. The van der Waals surface area contributed by atoms with E-state index in [1.165, 1.54) is 17.7 Å². The van der Waals surface area contributed by atoms with E-state index in [0.29, 0.717) is 49.7 Å². The fraction of sp³-hybridized carbons (Fsp3) is 0.452. The Balaban J connectivity index is 1.59. The minimum atomic E-state index is -3.95. The van der Waals surface area contributed by atoms with E-state index in [2.05, 4.69) is 58.5 Å². The van der Waals surface area contributed by atoms with Gasteiger partial charge in [0.25, 0.3) is 21.8 Å². The number of anilines is 1. The molecule has 1 aliphatic rings. The van der Waals surface area contributed by atoms with Crippen LogP contribution >= 0.6 is 0 Å². The van der Waals surface area contributed by atoms with Crippen molar-refractivity contribution < 1.29 is 22.4 Å². The number of aryl methyl sites for hydroxylation is 1. The third-order valence-corrected chi connectivity index (χ3v) is 16.7. The number of nitrogens with zero attached hydrogens (tertiary/aromatic N) is 4. The summed E-state index contributed by atoms with van der Waals surface area (Å²) in [7, 11) is -6.11. The van der Waals surface area contributed by atoms with Crippen molar-refractivity contribution in [2.75, 3.05) is 24.4 Å². The van der Waals surface area contributed by atoms with E-state index >= 15 is 4.79 Å². The zero-order valence-corrected chi connectivity index (χ0v) is 35.0. The van der Waals surface area contributed by atoms with Gasteiger partial charge in [-0.2, -0.15) is 5.10 Å². The van der Waals surface area contributed by atoms with E-state index in [-0.39, 0.29) is 39.0 Å². The van der Waals surface area contributed by atoms with Gasteiger partial charge in [-0.25, -0.2) is 13.1 Å². The molecule has 1 N–H and O–H groups in total. The van der Waals surface area contributed by atoms with Crippen LogP contribution in [0.4, 0.5) is 5.69 Å². The Bertz CT molecular complexity index is 2030. The van der Waals surface area contributed by atoms with Gasteiger partial charge in [-0.3, -0.25) is 14.3 Å². The van der Waals surface area contributed by atoms with Crippen LogP contribution < -0.4 is 4.72 Å². The van der Waals surface area contributed by atoms with Crippen molar-refractivity contribution in [3.63, 3.8) is 0 Å². The predicted molar refractivity (Wildman–Crippen MR) is 218 cm³/mol. The molecule has 0 saturated heterocycles. The van der Waals surface area contributed by atoms with Crippen LogP contribution in [0.3, 0.4) is 0 Å². The normalized spacial score (nSPS) is 14.8. The van der Waals surface area contributed by atoms with Crippen LogP contribution in [0.25, 0.3) is 5.69 Å². The van der Waals surface area contributed by atoms with Crippen LogP contribution in [0, 0.1) is 6.92 Å². The van der Waals surface area contributed by atoms with E-state index in [1.54, 1.807) is 47.1 Å². The van der Waals surface area contributed by atoms with Crippen molar-refractivity contribution in [3.05, 3.63) is 107 Å². The van der Waals surface area contributed by atoms with Gasteiger partial charge in [0.05, 0.1) is 28.8 Å². The predicted octanol–water partition coefficient (Wildman–Crippen LogP) is 8.61. The maximum Gasteiger partial charge on any atom is 0.274 e. The number of rotatable bonds is 15. The monoisotopic (exact) mass is 771 g/mol. The average molecular weight is 772 g/mol. The quantitative estimate of drug-likeness (QED) is 0.121. The molecule has 0 spiro atoms. The first-order chi connectivity index (χ1) is 25.6. The number of nitrogens with one attached hydrogen (secondary N) is 1. The van der Waals surface area contributed by atoms with Crippen molar-refractivity contribution in [1.82, 2.24) is 19.6 Å². The number of carbonyl (C=O) groups is 2. The highest BCUT2D eigenvalue weighted by Gasteiger charge is 2.40. The van der Waals surface area contributed by atoms with Crippen LogP contribution in [0.5, 0.6) is 0 Å². The number of aromatic nitrogens is 2. The molecule has 0 unspecified atom stereocenters. The molecular weight excluding hydrogens is 715 g/mol. The lowest BCUT2D eigenvalue weighted by atomic mass is 9.93. The number of carbonyl (C=O) groups excluding carboxylic acids is 2. The first-order valence-corrected chi connectivity index (χ1v) is 23.6. The van der Waals surface area contributed by atoms with E-state index < -0.39 is 18.3 Å². The van der Waals surface area contributed by atoms with Crippen LogP contribution in [0.1, 0.15) is 98.0 Å². The fourth-order valence-corrected chi connectivity index (χ4v) is 8.53. The van der Waals surface area contributed by atoms with Crippen LogP contribution in [-0.4, -0.2) is 73.9 Å². The Morgan fingerprint density at radius 2 is 1.56 bits per heavy atom. The number of hydrogen-bond acceptors (Lipinski definition) is 6. The smallest absolute Gasteiger partial charge is 0.274 e. The van der Waals surface area contributed by atoms with Gasteiger partial charge < -0.3 is 14.2 Å². The van der Waals surface area contributed by atoms with Gasteiger partial charge in [-0.15, -0.1) is 0 Å². The van der Waals surface area contributed by atoms with Gasteiger partial charge in [0, 0.05) is 31.0 Å². The Morgan fingerprint density at radius 3 is 2.19 bits per heavy atom. The van der Waals surface area contributed by atoms with Gasteiger partial charge in [-0.05, 0) is 91.8 Å². The number of benzene rings is 3. The summed E-state index contributed by atoms with van der Waals surface area (Å²) in [4.78, 5) is 32.8. The molecule has 0 aliphatic carbocycles. The lowest BCUT2D eigenvalue weighted by Gasteiger charge is -2.41. The molecule has 0 bridgehead atoms. The molecule has 1 atom stereocenters. The Kier molecular flexibility index (Phi) is 12.9. The van der Waals surface area contributed by atoms with Crippen molar-refractivity contribution in [2.45, 2.75) is 109 Å². The fourth-order valence-electron chi connectivity index (χ4n) is 6.42. The summed E-state index contributed by atoms with van der Waals surface area (Å²) in [6.07, 6.45) is 4.36. The lowest BCUT2D eigenvalue weighted by molar-refractivity contribution is 0.0554. The molecule has 1 aliphatic heterocycles. The second kappa shape index (κ2) is 17.0. The largest absolute Gasteiger partial charge is 0.415 e. The number of sulfonamides is 1. The summed E-state index contributed by atoms with van der Waals surface area (Å²) in [5.41, 5.74) is 4.17. The molecular formula is C42H57N5O5SSi. The number of unbranched alkanes of at least 4 members (excludes halogenated alkanes) is 2. The number of hydrogen-bond donors (Lipinski definition) is 1. The zero-order valence-electron chi connectivity index (χ0n) is 33.2. The molecule has 54 heavy (non-hydrogen) atoms. The van der Waals surface area contributed by atoms with Crippen LogP contribution in [0.15, 0.2) is 83.8 Å². The first kappa shape index (κ1) is 40.9. The molecule has 1 aromatic heterocycles. The molecule has 290 valence electrons. The molecule has 5 rings (SSSR count). The highest BCUT2D eigenvalue weighted by molar-refractivity contribution is 7.92. The summed E-state index contributed by atoms with van der Waals surface area (Å²) in [5, 5.41) is 4.79. The Hall–Kier alpha value is -4.26. The third kappa shape index (κ3) is 9.33. The summed E-state index contributed by atoms with van der Waals surface area (Å²) < 4.78 is 38.0. The minimum absolute atomic E-state index is 0.0127. The van der Waals surface area contributed by atoms with Gasteiger partial charge >= 0.3 is 0 Å². The summed E-state index contributed by atoms with van der Waals surface area (Å²) in [6, 6.07) is 22.7. The van der Waals surface area contributed by atoms with E-state index in [1.807, 2.05) is 34.9 Å². The third-order valence-electron chi connectivity index (χ3n) is 10.8. The second-order valence-corrected chi connectivity index (χ2v) is 22.4. The van der Waals surface area contributed by atoms with Gasteiger partial charge in [-0.1, -0.05) is 89.9 Å². The maximum absolute atomic E-state index is 15.1. The van der Waals surface area contributed by atoms with Gasteiger partial charge in [0.1, 0.15) is 0 Å². The molecule has 10 nitrogen and oxygen atoms in total. The minimum Gasteiger partial charge on any atom is -0.415 e. The summed E-state index contributed by atoms with van der Waals surface area (Å²) >= 11 is 0. The standard InChI is InChI=1S/C42H57N5O5SSi/c1-9-11-24-45(25-12-10-2)41(49)38-26-31(3)47(43-38)39-23-22-34(44-53(50,51)36-20-14-13-15-21-36)28-37(39)40(48)46-29-33-19-17-16-18-32(33)27-35(46)30-52-54(7,8)42(4,5)6/h13-23,26,28,35,44H,9-12,24-25,27,29-30H2,1-8H3/t35-/m0/s1. The summed E-state index contributed by atoms with van der Waals surface area (Å²) in [6.45, 7) is 19.1. The summed E-state index contributed by atoms with van der Waals surface area (Å²) in [5.74, 6) is -0.422. The van der Waals surface area contributed by atoms with Crippen LogP contribution in [-0.2, 0) is 27.4 Å². The van der Waals surface area contributed by atoms with Crippen molar-refractivity contribution >= 4 is 35.8 Å². The Labute approximate surface area is 323 Å². The molecule has 3 aromatic carbocycles. The lowest BCUT2D eigenvalue weighted by Crippen LogP contribution is -2.50.